The van der Waals surface area contributed by atoms with Gasteiger partial charge in [0.15, 0.2) is 0 Å². The number of benzene rings is 1. The minimum atomic E-state index is 0.346. The van der Waals surface area contributed by atoms with Crippen molar-refractivity contribution < 1.29 is 9.53 Å². The summed E-state index contributed by atoms with van der Waals surface area (Å²) < 4.78 is 5.18. The number of rotatable bonds is 4. The van der Waals surface area contributed by atoms with Crippen LogP contribution in [0.5, 0.6) is 5.75 Å². The Balaban J connectivity index is 1.54. The van der Waals surface area contributed by atoms with Gasteiger partial charge in [-0.1, -0.05) is 0 Å². The average Bonchev–Trinajstić information content (AvgIpc) is 2.46. The molecule has 1 aromatic rings. The second-order valence-corrected chi connectivity index (χ2v) is 7.95. The third-order valence-corrected chi connectivity index (χ3v) is 6.95. The van der Waals surface area contributed by atoms with Crippen molar-refractivity contribution in [1.29, 1.82) is 0 Å². The van der Waals surface area contributed by atoms with Crippen LogP contribution in [0.3, 0.4) is 0 Å². The molecule has 3 nitrogen and oxygen atoms in total. The molecule has 0 radical (unpaired) electrons. The van der Waals surface area contributed by atoms with Gasteiger partial charge >= 0.3 is 126 Å². The maximum atomic E-state index is 12.1. The van der Waals surface area contributed by atoms with Gasteiger partial charge in [0.1, 0.15) is 0 Å². The SMILES string of the molecule is COc1ccc(CCN2CC3C[Se]CC(C2)C3=O)cc1. The molecular formula is C16H21NO2Se. The van der Waals surface area contributed by atoms with E-state index in [2.05, 4.69) is 17.0 Å². The van der Waals surface area contributed by atoms with E-state index < -0.39 is 0 Å². The molecular weight excluding hydrogens is 317 g/mol. The summed E-state index contributed by atoms with van der Waals surface area (Å²) in [6.45, 7) is 3.06. The fourth-order valence-electron chi connectivity index (χ4n) is 3.10. The Morgan fingerprint density at radius 2 is 1.85 bits per heavy atom. The van der Waals surface area contributed by atoms with Crippen LogP contribution in [-0.4, -0.2) is 52.4 Å². The number of piperidine rings is 1. The first kappa shape index (κ1) is 14.1. The Hall–Kier alpha value is -0.831. The molecule has 4 heteroatoms. The second kappa shape index (κ2) is 6.30. The molecule has 108 valence electrons. The first-order valence-electron chi connectivity index (χ1n) is 7.23. The molecule has 0 amide bonds. The zero-order valence-electron chi connectivity index (χ0n) is 11.9. The molecule has 0 spiro atoms. The molecule has 0 saturated carbocycles. The standard InChI is InChI=1S/C16H21NO2Se/c1-19-15-4-2-12(3-5-15)6-7-17-8-13-10-20-11-14(9-17)16(13)18/h2-5,13-14H,6-11H2,1H3. The Labute approximate surface area is 126 Å². The Kier molecular flexibility index (Phi) is 4.44. The van der Waals surface area contributed by atoms with Crippen LogP contribution in [0.25, 0.3) is 0 Å². The topological polar surface area (TPSA) is 29.5 Å². The third kappa shape index (κ3) is 3.08. The molecule has 0 N–H and O–H groups in total. The molecule has 2 unspecified atom stereocenters. The number of Topliss-reactive ketones (excluding diaryl/α,β-unsaturated/α-hetero) is 1. The van der Waals surface area contributed by atoms with Crippen molar-refractivity contribution >= 4 is 20.7 Å². The van der Waals surface area contributed by atoms with Crippen LogP contribution in [0.2, 0.25) is 10.6 Å². The molecule has 1 aromatic carbocycles. The van der Waals surface area contributed by atoms with E-state index in [0.29, 0.717) is 32.6 Å². The van der Waals surface area contributed by atoms with E-state index >= 15 is 0 Å². The summed E-state index contributed by atoms with van der Waals surface area (Å²) in [5.41, 5.74) is 1.34. The van der Waals surface area contributed by atoms with Gasteiger partial charge in [-0.2, -0.15) is 0 Å². The second-order valence-electron chi connectivity index (χ2n) is 5.69. The molecule has 2 saturated heterocycles. The molecule has 3 rings (SSSR count). The van der Waals surface area contributed by atoms with Crippen molar-refractivity contribution in [2.75, 3.05) is 26.7 Å². The number of nitrogens with zero attached hydrogens (tertiary/aromatic N) is 1. The van der Waals surface area contributed by atoms with Gasteiger partial charge < -0.3 is 0 Å². The molecule has 2 heterocycles. The average molecular weight is 338 g/mol. The van der Waals surface area contributed by atoms with Gasteiger partial charge in [0.2, 0.25) is 0 Å². The predicted octanol–water partition coefficient (Wildman–Crippen LogP) is 1.91. The third-order valence-electron chi connectivity index (χ3n) is 4.28. The van der Waals surface area contributed by atoms with Crippen LogP contribution in [-0.2, 0) is 11.2 Å². The molecule has 2 atom stereocenters. The molecule has 2 aliphatic rings. The van der Waals surface area contributed by atoms with Crippen LogP contribution in [0.15, 0.2) is 24.3 Å². The van der Waals surface area contributed by atoms with Crippen LogP contribution in [0.1, 0.15) is 5.56 Å². The predicted molar refractivity (Wildman–Crippen MR) is 80.5 cm³/mol. The number of hydrogen-bond donors (Lipinski definition) is 0. The number of fused-ring (bicyclic) bond motifs is 2. The Bertz CT molecular complexity index is 458. The van der Waals surface area contributed by atoms with Crippen molar-refractivity contribution in [2.24, 2.45) is 11.8 Å². The van der Waals surface area contributed by atoms with Crippen molar-refractivity contribution in [1.82, 2.24) is 4.90 Å². The number of likely N-dealkylation sites (tertiary alicyclic amines) is 1. The van der Waals surface area contributed by atoms with Crippen molar-refractivity contribution in [3.63, 3.8) is 0 Å². The van der Waals surface area contributed by atoms with Gasteiger partial charge in [-0.25, -0.2) is 0 Å². The first-order valence-corrected chi connectivity index (χ1v) is 9.65. The van der Waals surface area contributed by atoms with E-state index in [1.54, 1.807) is 7.11 Å². The van der Waals surface area contributed by atoms with E-state index in [1.165, 1.54) is 16.2 Å². The Morgan fingerprint density at radius 1 is 1.20 bits per heavy atom. The zero-order valence-corrected chi connectivity index (χ0v) is 13.6. The number of methoxy groups -OCH3 is 1. The van der Waals surface area contributed by atoms with Gasteiger partial charge in [-0.3, -0.25) is 0 Å². The van der Waals surface area contributed by atoms with E-state index in [4.69, 9.17) is 4.74 Å². The zero-order chi connectivity index (χ0) is 13.9. The summed E-state index contributed by atoms with van der Waals surface area (Å²) in [5.74, 6) is 2.16. The van der Waals surface area contributed by atoms with Crippen molar-refractivity contribution in [2.45, 2.75) is 17.1 Å². The summed E-state index contributed by atoms with van der Waals surface area (Å²) >= 11 is 0.714. The molecule has 2 aliphatic heterocycles. The molecule has 2 fully saturated rings. The molecule has 0 aromatic heterocycles. The summed E-state index contributed by atoms with van der Waals surface area (Å²) in [4.78, 5) is 14.6. The number of carbonyl (C=O) groups excluding carboxylic acids is 1. The molecule has 0 aliphatic carbocycles. The van der Waals surface area contributed by atoms with Crippen molar-refractivity contribution in [3.05, 3.63) is 29.8 Å². The summed E-state index contributed by atoms with van der Waals surface area (Å²) in [6.07, 6.45) is 1.06. The summed E-state index contributed by atoms with van der Waals surface area (Å²) in [5, 5.41) is 2.34. The monoisotopic (exact) mass is 339 g/mol. The van der Waals surface area contributed by atoms with Gasteiger partial charge in [-0.05, 0) is 0 Å². The van der Waals surface area contributed by atoms with E-state index in [1.807, 2.05) is 12.1 Å². The molecule has 20 heavy (non-hydrogen) atoms. The van der Waals surface area contributed by atoms with Gasteiger partial charge in [-0.15, -0.1) is 0 Å². The fraction of sp³-hybridized carbons (Fsp3) is 0.562. The summed E-state index contributed by atoms with van der Waals surface area (Å²) in [7, 11) is 1.69. The van der Waals surface area contributed by atoms with Crippen LogP contribution in [0, 0.1) is 11.8 Å². The summed E-state index contributed by atoms with van der Waals surface area (Å²) in [6, 6.07) is 8.31. The van der Waals surface area contributed by atoms with Crippen molar-refractivity contribution in [3.8, 4) is 5.75 Å². The number of ether oxygens (including phenoxy) is 1. The van der Waals surface area contributed by atoms with E-state index in [-0.39, 0.29) is 0 Å². The Morgan fingerprint density at radius 3 is 2.45 bits per heavy atom. The van der Waals surface area contributed by atoms with E-state index in [0.717, 1.165) is 31.8 Å². The van der Waals surface area contributed by atoms with E-state index in [9.17, 15) is 4.79 Å². The number of carbonyl (C=O) groups is 1. The van der Waals surface area contributed by atoms with Crippen LogP contribution in [0.4, 0.5) is 0 Å². The maximum absolute atomic E-state index is 12.1. The molecule has 2 bridgehead atoms. The minimum absolute atomic E-state index is 0.346. The normalized spacial score (nSPS) is 26.6. The van der Waals surface area contributed by atoms with Gasteiger partial charge in [0.05, 0.1) is 0 Å². The van der Waals surface area contributed by atoms with Crippen LogP contribution < -0.4 is 4.74 Å². The van der Waals surface area contributed by atoms with Gasteiger partial charge in [0.25, 0.3) is 0 Å². The van der Waals surface area contributed by atoms with Gasteiger partial charge in [0, 0.05) is 0 Å². The first-order chi connectivity index (χ1) is 9.76. The quantitative estimate of drug-likeness (QED) is 0.786. The van der Waals surface area contributed by atoms with Crippen LogP contribution >= 0.6 is 0 Å². The number of hydrogen-bond acceptors (Lipinski definition) is 3. The fourth-order valence-corrected chi connectivity index (χ4v) is 5.71. The number of ketones is 1.